The average molecular weight is 308 g/mol. The third kappa shape index (κ3) is 3.39. The van der Waals surface area contributed by atoms with Gasteiger partial charge in [0.15, 0.2) is 17.2 Å². The molecule has 2 heterocycles. The van der Waals surface area contributed by atoms with Crippen LogP contribution in [0.1, 0.15) is 24.2 Å². The summed E-state index contributed by atoms with van der Waals surface area (Å²) in [7, 11) is 0. The van der Waals surface area contributed by atoms with Crippen molar-refractivity contribution in [3.05, 3.63) is 53.7 Å². The summed E-state index contributed by atoms with van der Waals surface area (Å²) in [6, 6.07) is 10.3. The van der Waals surface area contributed by atoms with Crippen LogP contribution in [0.4, 0.5) is 5.82 Å². The van der Waals surface area contributed by atoms with Crippen molar-refractivity contribution in [3.8, 4) is 0 Å². The van der Waals surface area contributed by atoms with Crippen LogP contribution in [0.5, 0.6) is 0 Å². The van der Waals surface area contributed by atoms with Gasteiger partial charge in [-0.05, 0) is 19.4 Å². The van der Waals surface area contributed by atoms with Crippen molar-refractivity contribution in [1.29, 1.82) is 0 Å². The zero-order valence-electron chi connectivity index (χ0n) is 13.7. The Hall–Kier alpha value is -2.69. The van der Waals surface area contributed by atoms with Crippen LogP contribution in [0.25, 0.3) is 17.3 Å². The minimum atomic E-state index is 0.551. The summed E-state index contributed by atoms with van der Waals surface area (Å²) in [5.41, 5.74) is 2.46. The van der Waals surface area contributed by atoms with E-state index < -0.39 is 0 Å². The van der Waals surface area contributed by atoms with Gasteiger partial charge in [-0.1, -0.05) is 42.5 Å². The molecular weight excluding hydrogens is 288 g/mol. The molecule has 0 unspecified atom stereocenters. The summed E-state index contributed by atoms with van der Waals surface area (Å²) in [5, 5.41) is 0. The maximum atomic E-state index is 5.55. The Morgan fingerprint density at radius 1 is 1.09 bits per heavy atom. The van der Waals surface area contributed by atoms with E-state index in [1.54, 1.807) is 0 Å². The molecule has 0 N–H and O–H groups in total. The van der Waals surface area contributed by atoms with Crippen LogP contribution in [0.15, 0.2) is 40.8 Å². The van der Waals surface area contributed by atoms with E-state index in [0.717, 1.165) is 24.4 Å². The van der Waals surface area contributed by atoms with E-state index in [2.05, 4.69) is 51.1 Å². The van der Waals surface area contributed by atoms with Crippen LogP contribution in [-0.2, 0) is 0 Å². The number of nitrogens with zero attached hydrogens (tertiary/aromatic N) is 4. The molecule has 5 heteroatoms. The van der Waals surface area contributed by atoms with Crippen molar-refractivity contribution >= 4 is 23.1 Å². The minimum absolute atomic E-state index is 0.551. The van der Waals surface area contributed by atoms with Crippen molar-refractivity contribution in [1.82, 2.24) is 15.0 Å². The molecule has 0 aliphatic carbocycles. The smallest absolute Gasteiger partial charge is 0.252 e. The van der Waals surface area contributed by atoms with Crippen LogP contribution in [-0.4, -0.2) is 28.0 Å². The van der Waals surface area contributed by atoms with Gasteiger partial charge in [-0.25, -0.2) is 9.97 Å². The van der Waals surface area contributed by atoms with E-state index in [1.165, 1.54) is 5.56 Å². The summed E-state index contributed by atoms with van der Waals surface area (Å²) in [6.07, 6.45) is 4.25. The number of hydrogen-bond donors (Lipinski definition) is 0. The first-order chi connectivity index (χ1) is 11.2. The second-order valence-electron chi connectivity index (χ2n) is 5.33. The predicted molar refractivity (Wildman–Crippen MR) is 92.4 cm³/mol. The minimum Gasteiger partial charge on any atom is -0.422 e. The molecule has 0 saturated heterocycles. The van der Waals surface area contributed by atoms with Gasteiger partial charge < -0.3 is 9.32 Å². The van der Waals surface area contributed by atoms with Crippen molar-refractivity contribution in [2.75, 3.05) is 18.0 Å². The quantitative estimate of drug-likeness (QED) is 0.718. The zero-order valence-corrected chi connectivity index (χ0v) is 13.7. The Labute approximate surface area is 135 Å². The topological polar surface area (TPSA) is 55.1 Å². The number of hydrogen-bond acceptors (Lipinski definition) is 5. The molecule has 2 aromatic heterocycles. The van der Waals surface area contributed by atoms with E-state index >= 15 is 0 Å². The van der Waals surface area contributed by atoms with Gasteiger partial charge in [0.25, 0.3) is 5.71 Å². The fraction of sp³-hybridized carbons (Fsp3) is 0.278. The van der Waals surface area contributed by atoms with Crippen molar-refractivity contribution in [3.63, 3.8) is 0 Å². The number of benzene rings is 1. The van der Waals surface area contributed by atoms with Crippen LogP contribution in [0.2, 0.25) is 0 Å². The summed E-state index contributed by atoms with van der Waals surface area (Å²) >= 11 is 0. The number of fused-ring (bicyclic) bond motifs is 1. The lowest BCUT2D eigenvalue weighted by Crippen LogP contribution is -2.24. The standard InChI is InChI=1S/C18H20N4O/c1-4-22(12-8-11-15-9-6-5-7-10-15)17-16-18(20-13(2)19-17)23-14(3)21-16/h5-11H,4,12H2,1-3H3. The molecule has 23 heavy (non-hydrogen) atoms. The number of oxazole rings is 1. The maximum absolute atomic E-state index is 5.55. The number of rotatable bonds is 5. The fourth-order valence-corrected chi connectivity index (χ4v) is 2.48. The van der Waals surface area contributed by atoms with Gasteiger partial charge in [0, 0.05) is 20.0 Å². The van der Waals surface area contributed by atoms with E-state index in [9.17, 15) is 0 Å². The van der Waals surface area contributed by atoms with Gasteiger partial charge in [-0.2, -0.15) is 4.98 Å². The van der Waals surface area contributed by atoms with E-state index in [0.29, 0.717) is 17.4 Å². The molecule has 0 saturated carbocycles. The van der Waals surface area contributed by atoms with Gasteiger partial charge in [0.2, 0.25) is 0 Å². The van der Waals surface area contributed by atoms with Gasteiger partial charge in [-0.3, -0.25) is 0 Å². The highest BCUT2D eigenvalue weighted by atomic mass is 16.4. The summed E-state index contributed by atoms with van der Waals surface area (Å²) in [5.74, 6) is 2.12. The molecule has 0 spiro atoms. The zero-order chi connectivity index (χ0) is 16.2. The predicted octanol–water partition coefficient (Wildman–Crippen LogP) is 3.77. The first-order valence-electron chi connectivity index (χ1n) is 7.75. The Bertz CT molecular complexity index is 824. The molecule has 0 amide bonds. The van der Waals surface area contributed by atoms with Gasteiger partial charge >= 0.3 is 0 Å². The normalized spacial score (nSPS) is 11.4. The Balaban J connectivity index is 1.87. The van der Waals surface area contributed by atoms with Crippen LogP contribution in [0.3, 0.4) is 0 Å². The molecule has 0 bridgehead atoms. The Morgan fingerprint density at radius 3 is 2.61 bits per heavy atom. The second-order valence-corrected chi connectivity index (χ2v) is 5.33. The number of likely N-dealkylation sites (N-methyl/N-ethyl adjacent to an activating group) is 1. The molecule has 118 valence electrons. The summed E-state index contributed by atoms with van der Waals surface area (Å²) in [6.45, 7) is 7.38. The third-order valence-corrected chi connectivity index (χ3v) is 3.58. The molecule has 3 rings (SSSR count). The van der Waals surface area contributed by atoms with Crippen molar-refractivity contribution < 1.29 is 4.42 Å². The average Bonchev–Trinajstić information content (AvgIpc) is 2.92. The maximum Gasteiger partial charge on any atom is 0.252 e. The largest absolute Gasteiger partial charge is 0.422 e. The highest BCUT2D eigenvalue weighted by molar-refractivity contribution is 5.82. The van der Waals surface area contributed by atoms with E-state index in [1.807, 2.05) is 32.0 Å². The lowest BCUT2D eigenvalue weighted by molar-refractivity contribution is 0.550. The molecule has 0 aliphatic rings. The lowest BCUT2D eigenvalue weighted by atomic mass is 10.2. The van der Waals surface area contributed by atoms with Crippen molar-refractivity contribution in [2.24, 2.45) is 0 Å². The first-order valence-corrected chi connectivity index (χ1v) is 7.75. The molecule has 1 aromatic carbocycles. The van der Waals surface area contributed by atoms with Crippen LogP contribution < -0.4 is 4.90 Å². The highest BCUT2D eigenvalue weighted by Gasteiger charge is 2.16. The van der Waals surface area contributed by atoms with Crippen LogP contribution >= 0.6 is 0 Å². The SMILES string of the molecule is CCN(CC=Cc1ccccc1)c1nc(C)nc2oc(C)nc12. The van der Waals surface area contributed by atoms with Gasteiger partial charge in [-0.15, -0.1) is 0 Å². The molecule has 0 fully saturated rings. The fourth-order valence-electron chi connectivity index (χ4n) is 2.48. The number of aryl methyl sites for hydroxylation is 2. The molecular formula is C18H20N4O. The molecule has 0 atom stereocenters. The van der Waals surface area contributed by atoms with Crippen molar-refractivity contribution in [2.45, 2.75) is 20.8 Å². The summed E-state index contributed by atoms with van der Waals surface area (Å²) < 4.78 is 5.55. The van der Waals surface area contributed by atoms with Gasteiger partial charge in [0.05, 0.1) is 0 Å². The number of aromatic nitrogens is 3. The molecule has 3 aromatic rings. The second kappa shape index (κ2) is 6.60. The number of anilines is 1. The molecule has 0 aliphatic heterocycles. The molecule has 0 radical (unpaired) electrons. The highest BCUT2D eigenvalue weighted by Crippen LogP contribution is 2.23. The third-order valence-electron chi connectivity index (χ3n) is 3.58. The van der Waals surface area contributed by atoms with Gasteiger partial charge in [0.1, 0.15) is 5.82 Å². The molecule has 5 nitrogen and oxygen atoms in total. The van der Waals surface area contributed by atoms with Crippen LogP contribution in [0, 0.1) is 13.8 Å². The monoisotopic (exact) mass is 308 g/mol. The first kappa shape index (κ1) is 15.2. The van der Waals surface area contributed by atoms with E-state index in [-0.39, 0.29) is 0 Å². The Kier molecular flexibility index (Phi) is 4.37. The lowest BCUT2D eigenvalue weighted by Gasteiger charge is -2.20. The Morgan fingerprint density at radius 2 is 1.87 bits per heavy atom. The van der Waals surface area contributed by atoms with E-state index in [4.69, 9.17) is 4.42 Å². The summed E-state index contributed by atoms with van der Waals surface area (Å²) in [4.78, 5) is 15.5.